The Morgan fingerprint density at radius 1 is 1.50 bits per heavy atom. The minimum absolute atomic E-state index is 0.0882. The number of fused-ring (bicyclic) bond motifs is 1. The van der Waals surface area contributed by atoms with Crippen LogP contribution < -0.4 is 11.0 Å². The molecule has 1 atom stereocenters. The molecule has 3 rings (SSSR count). The van der Waals surface area contributed by atoms with Crippen LogP contribution in [0.25, 0.3) is 11.0 Å². The number of allylic oxidation sites excluding steroid dienone is 1. The second-order valence-electron chi connectivity index (χ2n) is 5.49. The summed E-state index contributed by atoms with van der Waals surface area (Å²) < 4.78 is 3.75. The van der Waals surface area contributed by atoms with E-state index in [2.05, 4.69) is 24.0 Å². The molecule has 1 fully saturated rings. The fourth-order valence-corrected chi connectivity index (χ4v) is 3.25. The first kappa shape index (κ1) is 13.2. The van der Waals surface area contributed by atoms with E-state index < -0.39 is 0 Å². The Bertz CT molecular complexity index is 690. The summed E-state index contributed by atoms with van der Waals surface area (Å²) in [5.41, 5.74) is 3.35. The lowest BCUT2D eigenvalue weighted by Gasteiger charge is -2.24. The molecule has 0 aliphatic carbocycles. The number of benzene rings is 1. The van der Waals surface area contributed by atoms with E-state index in [4.69, 9.17) is 0 Å². The molecule has 4 nitrogen and oxygen atoms in total. The first-order valence-electron chi connectivity index (χ1n) is 7.24. The summed E-state index contributed by atoms with van der Waals surface area (Å²) in [4.78, 5) is 12.6. The van der Waals surface area contributed by atoms with Gasteiger partial charge in [-0.05, 0) is 37.4 Å². The van der Waals surface area contributed by atoms with E-state index in [0.29, 0.717) is 0 Å². The number of para-hydroxylation sites is 1. The van der Waals surface area contributed by atoms with Crippen molar-refractivity contribution in [3.8, 4) is 0 Å². The van der Waals surface area contributed by atoms with E-state index in [1.807, 2.05) is 23.8 Å². The highest BCUT2D eigenvalue weighted by atomic mass is 16.1. The highest BCUT2D eigenvalue weighted by Gasteiger charge is 2.21. The van der Waals surface area contributed by atoms with E-state index in [0.717, 1.165) is 43.4 Å². The SMILES string of the molecule is C=CCc1cccc2c1n(C)c(=O)n2C1CCCNC1. The van der Waals surface area contributed by atoms with Gasteiger partial charge in [-0.1, -0.05) is 18.2 Å². The molecule has 0 spiro atoms. The maximum Gasteiger partial charge on any atom is 0.329 e. The number of nitrogens with zero attached hydrogens (tertiary/aromatic N) is 2. The van der Waals surface area contributed by atoms with Gasteiger partial charge in [-0.25, -0.2) is 4.79 Å². The summed E-state index contributed by atoms with van der Waals surface area (Å²) in [6, 6.07) is 6.43. The van der Waals surface area contributed by atoms with Crippen molar-refractivity contribution in [2.45, 2.75) is 25.3 Å². The normalized spacial score (nSPS) is 19.4. The lowest BCUT2D eigenvalue weighted by molar-refractivity contribution is 0.369. The fraction of sp³-hybridized carbons (Fsp3) is 0.438. The third kappa shape index (κ3) is 2.00. The van der Waals surface area contributed by atoms with Crippen LogP contribution in [0, 0.1) is 0 Å². The Labute approximate surface area is 118 Å². The third-order valence-corrected chi connectivity index (χ3v) is 4.19. The van der Waals surface area contributed by atoms with E-state index in [9.17, 15) is 4.79 Å². The fourth-order valence-electron chi connectivity index (χ4n) is 3.25. The van der Waals surface area contributed by atoms with Crippen molar-refractivity contribution < 1.29 is 0 Å². The van der Waals surface area contributed by atoms with Gasteiger partial charge in [0.25, 0.3) is 0 Å². The van der Waals surface area contributed by atoms with Crippen LogP contribution in [-0.2, 0) is 13.5 Å². The highest BCUT2D eigenvalue weighted by molar-refractivity contribution is 5.80. The second-order valence-corrected chi connectivity index (χ2v) is 5.49. The lowest BCUT2D eigenvalue weighted by Crippen LogP contribution is -2.36. The van der Waals surface area contributed by atoms with Crippen molar-refractivity contribution in [3.05, 3.63) is 46.9 Å². The predicted octanol–water partition coefficient (Wildman–Crippen LogP) is 1.99. The Morgan fingerprint density at radius 2 is 2.35 bits per heavy atom. The molecule has 0 amide bonds. The van der Waals surface area contributed by atoms with Crippen LogP contribution in [0.4, 0.5) is 0 Å². The lowest BCUT2D eigenvalue weighted by atomic mass is 10.1. The summed E-state index contributed by atoms with van der Waals surface area (Å²) in [5, 5.41) is 3.39. The highest BCUT2D eigenvalue weighted by Crippen LogP contribution is 2.24. The first-order valence-corrected chi connectivity index (χ1v) is 7.24. The second kappa shape index (κ2) is 5.29. The molecule has 20 heavy (non-hydrogen) atoms. The molecule has 0 radical (unpaired) electrons. The van der Waals surface area contributed by atoms with Crippen molar-refractivity contribution in [2.75, 3.05) is 13.1 Å². The quantitative estimate of drug-likeness (QED) is 0.867. The molecule has 2 aromatic rings. The van der Waals surface area contributed by atoms with E-state index >= 15 is 0 Å². The molecule has 1 N–H and O–H groups in total. The molecular weight excluding hydrogens is 250 g/mol. The van der Waals surface area contributed by atoms with Gasteiger partial charge in [0.1, 0.15) is 0 Å². The van der Waals surface area contributed by atoms with Crippen molar-refractivity contribution in [1.29, 1.82) is 0 Å². The molecule has 1 aliphatic rings. The van der Waals surface area contributed by atoms with Crippen molar-refractivity contribution in [1.82, 2.24) is 14.5 Å². The standard InChI is InChI=1S/C16H21N3O/c1-3-6-12-7-4-9-14-15(12)18(2)16(20)19(14)13-8-5-10-17-11-13/h3-4,7,9,13,17H,1,5-6,8,10-11H2,2H3. The van der Waals surface area contributed by atoms with Gasteiger partial charge in [0.2, 0.25) is 0 Å². The third-order valence-electron chi connectivity index (χ3n) is 4.19. The Morgan fingerprint density at radius 3 is 3.05 bits per heavy atom. The Balaban J connectivity index is 2.22. The zero-order valence-electron chi connectivity index (χ0n) is 11.9. The van der Waals surface area contributed by atoms with Gasteiger partial charge in [0.15, 0.2) is 0 Å². The molecule has 1 unspecified atom stereocenters. The number of piperidine rings is 1. The number of imidazole rings is 1. The predicted molar refractivity (Wildman–Crippen MR) is 82.2 cm³/mol. The largest absolute Gasteiger partial charge is 0.329 e. The van der Waals surface area contributed by atoms with Crippen molar-refractivity contribution >= 4 is 11.0 Å². The minimum atomic E-state index is 0.0882. The summed E-state index contributed by atoms with van der Waals surface area (Å²) in [6.07, 6.45) is 4.87. The monoisotopic (exact) mass is 271 g/mol. The van der Waals surface area contributed by atoms with Gasteiger partial charge in [-0.2, -0.15) is 0 Å². The zero-order valence-corrected chi connectivity index (χ0v) is 11.9. The molecule has 4 heteroatoms. The van der Waals surface area contributed by atoms with E-state index in [1.165, 1.54) is 5.56 Å². The molecule has 1 aliphatic heterocycles. The number of rotatable bonds is 3. The average molecular weight is 271 g/mol. The zero-order chi connectivity index (χ0) is 14.1. The molecule has 1 aromatic heterocycles. The van der Waals surface area contributed by atoms with E-state index in [1.54, 1.807) is 4.57 Å². The van der Waals surface area contributed by atoms with Gasteiger partial charge in [-0.3, -0.25) is 9.13 Å². The molecule has 0 saturated carbocycles. The summed E-state index contributed by atoms with van der Waals surface area (Å²) in [7, 11) is 1.87. The molecule has 0 bridgehead atoms. The van der Waals surface area contributed by atoms with E-state index in [-0.39, 0.29) is 11.7 Å². The smallest absolute Gasteiger partial charge is 0.315 e. The average Bonchev–Trinajstić information content (AvgIpc) is 2.73. The van der Waals surface area contributed by atoms with Gasteiger partial charge in [-0.15, -0.1) is 6.58 Å². The summed E-state index contributed by atoms with van der Waals surface area (Å²) in [5.74, 6) is 0. The van der Waals surface area contributed by atoms with Crippen LogP contribution >= 0.6 is 0 Å². The number of hydrogen-bond acceptors (Lipinski definition) is 2. The van der Waals surface area contributed by atoms with Crippen LogP contribution in [0.15, 0.2) is 35.6 Å². The Hall–Kier alpha value is -1.81. The van der Waals surface area contributed by atoms with Crippen LogP contribution in [0.5, 0.6) is 0 Å². The minimum Gasteiger partial charge on any atom is -0.315 e. The number of aromatic nitrogens is 2. The Kier molecular flexibility index (Phi) is 3.49. The topological polar surface area (TPSA) is 39.0 Å². The van der Waals surface area contributed by atoms with Crippen LogP contribution in [0.1, 0.15) is 24.4 Å². The molecule has 1 saturated heterocycles. The van der Waals surface area contributed by atoms with Gasteiger partial charge < -0.3 is 5.32 Å². The van der Waals surface area contributed by atoms with Gasteiger partial charge in [0, 0.05) is 13.6 Å². The summed E-state index contributed by atoms with van der Waals surface area (Å²) >= 11 is 0. The van der Waals surface area contributed by atoms with Crippen LogP contribution in [0.2, 0.25) is 0 Å². The maximum absolute atomic E-state index is 12.6. The first-order chi connectivity index (χ1) is 9.74. The molecule has 2 heterocycles. The molecule has 106 valence electrons. The van der Waals surface area contributed by atoms with Gasteiger partial charge in [0.05, 0.1) is 17.1 Å². The maximum atomic E-state index is 12.6. The molecule has 1 aromatic carbocycles. The number of hydrogen-bond donors (Lipinski definition) is 1. The summed E-state index contributed by atoms with van der Waals surface area (Å²) in [6.45, 7) is 5.74. The number of nitrogens with one attached hydrogen (secondary N) is 1. The van der Waals surface area contributed by atoms with Crippen LogP contribution in [0.3, 0.4) is 0 Å². The van der Waals surface area contributed by atoms with Crippen LogP contribution in [-0.4, -0.2) is 22.2 Å². The van der Waals surface area contributed by atoms with Gasteiger partial charge >= 0.3 is 5.69 Å². The van der Waals surface area contributed by atoms with Crippen molar-refractivity contribution in [2.24, 2.45) is 7.05 Å². The number of aryl methyl sites for hydroxylation is 1. The van der Waals surface area contributed by atoms with Crippen molar-refractivity contribution in [3.63, 3.8) is 0 Å². The molecular formula is C16H21N3O.